The van der Waals surface area contributed by atoms with Crippen molar-refractivity contribution in [2.75, 3.05) is 6.54 Å². The molecule has 21 heavy (non-hydrogen) atoms. The Morgan fingerprint density at radius 1 is 1.00 bits per heavy atom. The first-order chi connectivity index (χ1) is 9.79. The Hall–Kier alpha value is -1.68. The lowest BCUT2D eigenvalue weighted by atomic mass is 9.85. The number of benzene rings is 1. The lowest BCUT2D eigenvalue weighted by Crippen LogP contribution is -2.37. The SMILES string of the molecule is CC(C)(C)NCCc1nnc(C(C)(C)c2ccccc2)o1. The van der Waals surface area contributed by atoms with Gasteiger partial charge in [-0.3, -0.25) is 0 Å². The number of nitrogens with one attached hydrogen (secondary N) is 1. The standard InChI is InChI=1S/C17H25N3O/c1-16(2,3)18-12-11-14-19-20-15(21-14)17(4,5)13-9-7-6-8-10-13/h6-10,18H,11-12H2,1-5H3. The predicted octanol–water partition coefficient (Wildman–Crippen LogP) is 3.33. The molecule has 0 amide bonds. The van der Waals surface area contributed by atoms with E-state index in [0.29, 0.717) is 11.8 Å². The highest BCUT2D eigenvalue weighted by Gasteiger charge is 2.29. The second kappa shape index (κ2) is 5.98. The van der Waals surface area contributed by atoms with Crippen LogP contribution in [0.25, 0.3) is 0 Å². The number of rotatable bonds is 5. The molecule has 0 atom stereocenters. The van der Waals surface area contributed by atoms with Crippen molar-refractivity contribution in [3.8, 4) is 0 Å². The van der Waals surface area contributed by atoms with Crippen LogP contribution >= 0.6 is 0 Å². The van der Waals surface area contributed by atoms with Gasteiger partial charge in [-0.2, -0.15) is 0 Å². The van der Waals surface area contributed by atoms with Crippen molar-refractivity contribution in [1.82, 2.24) is 15.5 Å². The fraction of sp³-hybridized carbons (Fsp3) is 0.529. The van der Waals surface area contributed by atoms with E-state index < -0.39 is 0 Å². The summed E-state index contributed by atoms with van der Waals surface area (Å²) in [4.78, 5) is 0. The fourth-order valence-electron chi connectivity index (χ4n) is 2.13. The molecule has 0 fully saturated rings. The summed E-state index contributed by atoms with van der Waals surface area (Å²) >= 11 is 0. The molecule has 0 spiro atoms. The summed E-state index contributed by atoms with van der Waals surface area (Å²) in [6.07, 6.45) is 0.745. The van der Waals surface area contributed by atoms with Crippen LogP contribution in [0.15, 0.2) is 34.7 Å². The van der Waals surface area contributed by atoms with Crippen molar-refractivity contribution in [3.05, 3.63) is 47.7 Å². The highest BCUT2D eigenvalue weighted by atomic mass is 16.4. The molecular weight excluding hydrogens is 262 g/mol. The van der Waals surface area contributed by atoms with E-state index in [1.165, 1.54) is 5.56 Å². The van der Waals surface area contributed by atoms with Crippen LogP contribution in [0.2, 0.25) is 0 Å². The van der Waals surface area contributed by atoms with Crippen molar-refractivity contribution in [3.63, 3.8) is 0 Å². The quantitative estimate of drug-likeness (QED) is 0.916. The summed E-state index contributed by atoms with van der Waals surface area (Å²) in [5.74, 6) is 1.35. The fourth-order valence-corrected chi connectivity index (χ4v) is 2.13. The van der Waals surface area contributed by atoms with Crippen molar-refractivity contribution in [2.24, 2.45) is 0 Å². The molecule has 1 N–H and O–H groups in total. The molecule has 0 aliphatic heterocycles. The molecule has 1 aromatic heterocycles. The third-order valence-electron chi connectivity index (χ3n) is 3.49. The van der Waals surface area contributed by atoms with Gasteiger partial charge < -0.3 is 9.73 Å². The Morgan fingerprint density at radius 3 is 2.29 bits per heavy atom. The first kappa shape index (κ1) is 15.7. The van der Waals surface area contributed by atoms with Crippen LogP contribution in [0.4, 0.5) is 0 Å². The summed E-state index contributed by atoms with van der Waals surface area (Å²) in [5.41, 5.74) is 1.00. The lowest BCUT2D eigenvalue weighted by molar-refractivity contribution is 0.373. The average molecular weight is 287 g/mol. The van der Waals surface area contributed by atoms with Gasteiger partial charge >= 0.3 is 0 Å². The molecule has 0 radical (unpaired) electrons. The minimum atomic E-state index is -0.274. The second-order valence-electron chi connectivity index (χ2n) is 6.92. The van der Waals surface area contributed by atoms with Crippen molar-refractivity contribution in [1.29, 1.82) is 0 Å². The molecule has 0 aliphatic rings. The van der Waals surface area contributed by atoms with Crippen LogP contribution < -0.4 is 5.32 Å². The number of hydrogen-bond acceptors (Lipinski definition) is 4. The van der Waals surface area contributed by atoms with Gasteiger partial charge in [0.05, 0.1) is 5.41 Å². The minimum Gasteiger partial charge on any atom is -0.424 e. The Bertz CT molecular complexity index is 567. The summed E-state index contributed by atoms with van der Waals surface area (Å²) in [6, 6.07) is 10.2. The van der Waals surface area contributed by atoms with Gasteiger partial charge in [0.1, 0.15) is 0 Å². The van der Waals surface area contributed by atoms with Gasteiger partial charge in [-0.25, -0.2) is 0 Å². The highest BCUT2D eigenvalue weighted by Crippen LogP contribution is 2.30. The van der Waals surface area contributed by atoms with Crippen LogP contribution in [0.5, 0.6) is 0 Å². The van der Waals surface area contributed by atoms with E-state index in [-0.39, 0.29) is 11.0 Å². The Morgan fingerprint density at radius 2 is 1.67 bits per heavy atom. The molecule has 2 aromatic rings. The van der Waals surface area contributed by atoms with Crippen molar-refractivity contribution in [2.45, 2.75) is 52.0 Å². The van der Waals surface area contributed by atoms with Gasteiger partial charge in [0.15, 0.2) is 0 Å². The molecule has 0 aliphatic carbocycles. The zero-order valence-electron chi connectivity index (χ0n) is 13.6. The molecular formula is C17H25N3O. The molecule has 1 heterocycles. The molecule has 4 heteroatoms. The van der Waals surface area contributed by atoms with Crippen LogP contribution in [0, 0.1) is 0 Å². The monoisotopic (exact) mass is 287 g/mol. The van der Waals surface area contributed by atoms with Crippen LogP contribution in [-0.4, -0.2) is 22.3 Å². The first-order valence-electron chi connectivity index (χ1n) is 7.42. The normalized spacial score (nSPS) is 12.6. The molecule has 0 saturated heterocycles. The number of aromatic nitrogens is 2. The van der Waals surface area contributed by atoms with Crippen LogP contribution in [0.1, 0.15) is 52.0 Å². The minimum absolute atomic E-state index is 0.103. The van der Waals surface area contributed by atoms with E-state index >= 15 is 0 Å². The molecule has 114 valence electrons. The third kappa shape index (κ3) is 4.14. The number of hydrogen-bond donors (Lipinski definition) is 1. The Balaban J connectivity index is 2.06. The smallest absolute Gasteiger partial charge is 0.226 e. The van der Waals surface area contributed by atoms with E-state index in [1.54, 1.807) is 0 Å². The van der Waals surface area contributed by atoms with Gasteiger partial charge in [0.2, 0.25) is 11.8 Å². The van der Waals surface area contributed by atoms with Gasteiger partial charge in [-0.15, -0.1) is 10.2 Å². The third-order valence-corrected chi connectivity index (χ3v) is 3.49. The second-order valence-corrected chi connectivity index (χ2v) is 6.92. The average Bonchev–Trinajstić information content (AvgIpc) is 2.88. The van der Waals surface area contributed by atoms with E-state index in [2.05, 4.69) is 62.3 Å². The molecule has 0 unspecified atom stereocenters. The van der Waals surface area contributed by atoms with E-state index in [1.807, 2.05) is 18.2 Å². The predicted molar refractivity (Wildman–Crippen MR) is 84.3 cm³/mol. The molecule has 1 aromatic carbocycles. The summed E-state index contributed by atoms with van der Waals surface area (Å²) in [5, 5.41) is 11.8. The Kier molecular flexibility index (Phi) is 4.47. The lowest BCUT2D eigenvalue weighted by Gasteiger charge is -2.20. The Labute approximate surface area is 127 Å². The largest absolute Gasteiger partial charge is 0.424 e. The van der Waals surface area contributed by atoms with Gasteiger partial charge in [0, 0.05) is 18.5 Å². The summed E-state index contributed by atoms with van der Waals surface area (Å²) < 4.78 is 5.86. The maximum Gasteiger partial charge on any atom is 0.226 e. The zero-order chi connectivity index (χ0) is 15.5. The van der Waals surface area contributed by atoms with Crippen molar-refractivity contribution < 1.29 is 4.42 Å². The van der Waals surface area contributed by atoms with E-state index in [0.717, 1.165) is 13.0 Å². The van der Waals surface area contributed by atoms with Gasteiger partial charge in [0.25, 0.3) is 0 Å². The van der Waals surface area contributed by atoms with E-state index in [4.69, 9.17) is 4.42 Å². The highest BCUT2D eigenvalue weighted by molar-refractivity contribution is 5.29. The first-order valence-corrected chi connectivity index (χ1v) is 7.42. The van der Waals surface area contributed by atoms with Crippen LogP contribution in [-0.2, 0) is 11.8 Å². The van der Waals surface area contributed by atoms with Gasteiger partial charge in [-0.1, -0.05) is 30.3 Å². The summed E-state index contributed by atoms with van der Waals surface area (Å²) in [7, 11) is 0. The van der Waals surface area contributed by atoms with Crippen molar-refractivity contribution >= 4 is 0 Å². The summed E-state index contributed by atoms with van der Waals surface area (Å²) in [6.45, 7) is 11.5. The molecule has 0 bridgehead atoms. The molecule has 0 saturated carbocycles. The maximum absolute atomic E-state index is 5.86. The van der Waals surface area contributed by atoms with Crippen LogP contribution in [0.3, 0.4) is 0 Å². The topological polar surface area (TPSA) is 51.0 Å². The zero-order valence-corrected chi connectivity index (χ0v) is 13.6. The number of nitrogens with zero attached hydrogens (tertiary/aromatic N) is 2. The maximum atomic E-state index is 5.86. The van der Waals surface area contributed by atoms with E-state index in [9.17, 15) is 0 Å². The molecule has 4 nitrogen and oxygen atoms in total. The van der Waals surface area contributed by atoms with Gasteiger partial charge in [-0.05, 0) is 40.2 Å². The molecule has 2 rings (SSSR count).